The van der Waals surface area contributed by atoms with Gasteiger partial charge in [-0.25, -0.2) is 0 Å². The van der Waals surface area contributed by atoms with E-state index in [0.717, 1.165) is 6.42 Å². The Morgan fingerprint density at radius 3 is 2.60 bits per heavy atom. The molecule has 0 spiro atoms. The van der Waals surface area contributed by atoms with Gasteiger partial charge in [0.25, 0.3) is 0 Å². The van der Waals surface area contributed by atoms with Gasteiger partial charge >= 0.3 is 6.01 Å². The third-order valence-electron chi connectivity index (χ3n) is 2.25. The molecule has 0 aliphatic carbocycles. The molecule has 0 aromatic carbocycles. The van der Waals surface area contributed by atoms with Gasteiger partial charge in [0, 0.05) is 6.54 Å². The molecule has 0 radical (unpaired) electrons. The first-order chi connectivity index (χ1) is 6.95. The molecular formula is C10H20N4O. The molecule has 0 bridgehead atoms. The zero-order valence-electron chi connectivity index (χ0n) is 9.87. The van der Waals surface area contributed by atoms with Crippen LogP contribution in [0.5, 0.6) is 0 Å². The van der Waals surface area contributed by atoms with E-state index in [0.29, 0.717) is 24.3 Å². The zero-order valence-corrected chi connectivity index (χ0v) is 9.87. The van der Waals surface area contributed by atoms with Gasteiger partial charge in [0.1, 0.15) is 0 Å². The normalized spacial score (nSPS) is 15.3. The summed E-state index contributed by atoms with van der Waals surface area (Å²) >= 11 is 0. The van der Waals surface area contributed by atoms with Crippen LogP contribution in [0.15, 0.2) is 4.52 Å². The van der Waals surface area contributed by atoms with Crippen molar-refractivity contribution in [1.29, 1.82) is 0 Å². The van der Waals surface area contributed by atoms with Crippen LogP contribution in [-0.2, 0) is 0 Å². The molecule has 3 N–H and O–H groups in total. The van der Waals surface area contributed by atoms with E-state index in [4.69, 9.17) is 10.3 Å². The van der Waals surface area contributed by atoms with E-state index in [-0.39, 0.29) is 5.54 Å². The molecule has 0 amide bonds. The average Bonchev–Trinajstić information content (AvgIpc) is 2.49. The molecule has 0 aliphatic rings. The lowest BCUT2D eigenvalue weighted by Crippen LogP contribution is -2.43. The highest BCUT2D eigenvalue weighted by Crippen LogP contribution is 2.20. The molecule has 1 heterocycles. The number of nitrogens with two attached hydrogens (primary N) is 1. The molecule has 5 heteroatoms. The monoisotopic (exact) mass is 212 g/mol. The SMILES string of the molecule is Cc1noc(NC(C)(CN)CC(C)C)n1. The highest BCUT2D eigenvalue weighted by Gasteiger charge is 2.25. The summed E-state index contributed by atoms with van der Waals surface area (Å²) in [4.78, 5) is 4.11. The van der Waals surface area contributed by atoms with Gasteiger partial charge in [0.2, 0.25) is 0 Å². The Balaban J connectivity index is 2.67. The Hall–Kier alpha value is -1.10. The lowest BCUT2D eigenvalue weighted by atomic mass is 9.91. The molecule has 0 saturated carbocycles. The van der Waals surface area contributed by atoms with Crippen molar-refractivity contribution in [3.8, 4) is 0 Å². The number of aryl methyl sites for hydroxylation is 1. The second-order valence-corrected chi connectivity index (χ2v) is 4.63. The molecule has 1 atom stereocenters. The number of nitrogens with zero attached hydrogens (tertiary/aromatic N) is 2. The van der Waals surface area contributed by atoms with Gasteiger partial charge < -0.3 is 15.6 Å². The molecule has 15 heavy (non-hydrogen) atoms. The average molecular weight is 212 g/mol. The summed E-state index contributed by atoms with van der Waals surface area (Å²) in [6.45, 7) is 8.71. The minimum Gasteiger partial charge on any atom is -0.331 e. The minimum atomic E-state index is -0.187. The maximum atomic E-state index is 5.76. The number of hydrogen-bond donors (Lipinski definition) is 2. The standard InChI is InChI=1S/C10H20N4O/c1-7(2)5-10(4,6-11)13-9-12-8(3)14-15-9/h7H,5-6,11H2,1-4H3,(H,12,13,14). The summed E-state index contributed by atoms with van der Waals surface area (Å²) in [6, 6.07) is 0.445. The van der Waals surface area contributed by atoms with Gasteiger partial charge in [-0.2, -0.15) is 4.98 Å². The highest BCUT2D eigenvalue weighted by molar-refractivity contribution is 5.24. The number of hydrogen-bond acceptors (Lipinski definition) is 5. The van der Waals surface area contributed by atoms with Crippen LogP contribution in [0, 0.1) is 12.8 Å². The lowest BCUT2D eigenvalue weighted by molar-refractivity contribution is 0.372. The molecule has 1 aromatic rings. The summed E-state index contributed by atoms with van der Waals surface area (Å²) in [5.41, 5.74) is 5.57. The highest BCUT2D eigenvalue weighted by atomic mass is 16.5. The summed E-state index contributed by atoms with van der Waals surface area (Å²) in [6.07, 6.45) is 0.963. The summed E-state index contributed by atoms with van der Waals surface area (Å²) in [7, 11) is 0. The van der Waals surface area contributed by atoms with Crippen LogP contribution in [0.4, 0.5) is 6.01 Å². The van der Waals surface area contributed by atoms with Gasteiger partial charge in [0.05, 0.1) is 5.54 Å². The number of anilines is 1. The van der Waals surface area contributed by atoms with Crippen molar-refractivity contribution in [1.82, 2.24) is 10.1 Å². The number of aromatic nitrogens is 2. The summed E-state index contributed by atoms with van der Waals surface area (Å²) in [5.74, 6) is 1.19. The van der Waals surface area contributed by atoms with Crippen molar-refractivity contribution in [3.05, 3.63) is 5.82 Å². The molecule has 0 fully saturated rings. The van der Waals surface area contributed by atoms with Crippen molar-refractivity contribution in [2.45, 2.75) is 39.7 Å². The van der Waals surface area contributed by atoms with E-state index >= 15 is 0 Å². The molecule has 0 aliphatic heterocycles. The Labute approximate surface area is 90.4 Å². The van der Waals surface area contributed by atoms with Crippen LogP contribution < -0.4 is 11.1 Å². The maximum absolute atomic E-state index is 5.76. The van der Waals surface area contributed by atoms with E-state index in [1.807, 2.05) is 0 Å². The minimum absolute atomic E-state index is 0.187. The van der Waals surface area contributed by atoms with Crippen LogP contribution in [0.25, 0.3) is 0 Å². The Kier molecular flexibility index (Phi) is 3.68. The van der Waals surface area contributed by atoms with Crippen LogP contribution in [0.2, 0.25) is 0 Å². The smallest absolute Gasteiger partial charge is 0.321 e. The van der Waals surface area contributed by atoms with Crippen molar-refractivity contribution in [2.24, 2.45) is 11.7 Å². The number of nitrogens with one attached hydrogen (secondary N) is 1. The maximum Gasteiger partial charge on any atom is 0.321 e. The first kappa shape index (κ1) is 12.0. The second-order valence-electron chi connectivity index (χ2n) is 4.63. The van der Waals surface area contributed by atoms with Crippen molar-refractivity contribution >= 4 is 6.01 Å². The first-order valence-corrected chi connectivity index (χ1v) is 5.24. The van der Waals surface area contributed by atoms with Crippen LogP contribution in [0.3, 0.4) is 0 Å². The summed E-state index contributed by atoms with van der Waals surface area (Å²) < 4.78 is 5.02. The van der Waals surface area contributed by atoms with Crippen LogP contribution in [0.1, 0.15) is 33.0 Å². The Bertz CT molecular complexity index is 310. The lowest BCUT2D eigenvalue weighted by Gasteiger charge is -2.29. The quantitative estimate of drug-likeness (QED) is 0.774. The fourth-order valence-corrected chi connectivity index (χ4v) is 1.69. The number of rotatable bonds is 5. The summed E-state index contributed by atoms with van der Waals surface area (Å²) in [5, 5.41) is 6.92. The van der Waals surface area contributed by atoms with Crippen molar-refractivity contribution in [2.75, 3.05) is 11.9 Å². The molecule has 0 saturated heterocycles. The predicted molar refractivity (Wildman–Crippen MR) is 59.6 cm³/mol. The van der Waals surface area contributed by atoms with Crippen LogP contribution in [-0.4, -0.2) is 22.2 Å². The molecule has 1 aromatic heterocycles. The van der Waals surface area contributed by atoms with Gasteiger partial charge in [-0.1, -0.05) is 19.0 Å². The van der Waals surface area contributed by atoms with E-state index < -0.39 is 0 Å². The van der Waals surface area contributed by atoms with E-state index in [1.54, 1.807) is 6.92 Å². The Morgan fingerprint density at radius 2 is 2.20 bits per heavy atom. The fraction of sp³-hybridized carbons (Fsp3) is 0.800. The largest absolute Gasteiger partial charge is 0.331 e. The van der Waals surface area contributed by atoms with Crippen LogP contribution >= 0.6 is 0 Å². The fourth-order valence-electron chi connectivity index (χ4n) is 1.69. The molecule has 1 unspecified atom stereocenters. The zero-order chi connectivity index (χ0) is 11.5. The van der Waals surface area contributed by atoms with Crippen molar-refractivity contribution < 1.29 is 4.52 Å². The third kappa shape index (κ3) is 3.51. The van der Waals surface area contributed by atoms with E-state index in [2.05, 4.69) is 36.2 Å². The first-order valence-electron chi connectivity index (χ1n) is 5.24. The van der Waals surface area contributed by atoms with E-state index in [9.17, 15) is 0 Å². The van der Waals surface area contributed by atoms with Gasteiger partial charge in [-0.05, 0) is 26.2 Å². The molecule has 86 valence electrons. The van der Waals surface area contributed by atoms with Crippen molar-refractivity contribution in [3.63, 3.8) is 0 Å². The van der Waals surface area contributed by atoms with E-state index in [1.165, 1.54) is 0 Å². The molecule has 5 nitrogen and oxygen atoms in total. The second kappa shape index (κ2) is 4.61. The Morgan fingerprint density at radius 1 is 1.53 bits per heavy atom. The topological polar surface area (TPSA) is 77.0 Å². The van der Waals surface area contributed by atoms with Gasteiger partial charge in [-0.15, -0.1) is 0 Å². The third-order valence-corrected chi connectivity index (χ3v) is 2.25. The van der Waals surface area contributed by atoms with Gasteiger partial charge in [0.15, 0.2) is 5.82 Å². The predicted octanol–water partition coefficient (Wildman–Crippen LogP) is 1.55. The molecule has 1 rings (SSSR count). The van der Waals surface area contributed by atoms with Gasteiger partial charge in [-0.3, -0.25) is 0 Å². The molecular weight excluding hydrogens is 192 g/mol.